The first-order valence-electron chi connectivity index (χ1n) is 10.8. The predicted molar refractivity (Wildman–Crippen MR) is 103 cm³/mol. The molecule has 4 fully saturated rings. The fraction of sp³-hybridized carbons (Fsp3) is 0.905. The van der Waals surface area contributed by atoms with Gasteiger partial charge in [-0.05, 0) is 68.9 Å². The second kappa shape index (κ2) is 7.36. The van der Waals surface area contributed by atoms with Crippen molar-refractivity contribution in [3.63, 3.8) is 0 Å². The van der Waals surface area contributed by atoms with Gasteiger partial charge in [-0.15, -0.1) is 0 Å². The van der Waals surface area contributed by atoms with Gasteiger partial charge >= 0.3 is 0 Å². The van der Waals surface area contributed by atoms with Crippen LogP contribution in [0.5, 0.6) is 0 Å². The van der Waals surface area contributed by atoms with Crippen LogP contribution in [0.15, 0.2) is 0 Å². The molecule has 0 aromatic heterocycles. The molecule has 6 heteroatoms. The van der Waals surface area contributed by atoms with E-state index in [-0.39, 0.29) is 22.6 Å². The Morgan fingerprint density at radius 1 is 1.11 bits per heavy atom. The van der Waals surface area contributed by atoms with Crippen molar-refractivity contribution in [2.45, 2.75) is 45.4 Å². The largest absolute Gasteiger partial charge is 0.381 e. The van der Waals surface area contributed by atoms with Gasteiger partial charge in [0.1, 0.15) is 0 Å². The molecule has 152 valence electrons. The third-order valence-corrected chi connectivity index (χ3v) is 8.18. The van der Waals surface area contributed by atoms with Crippen LogP contribution in [0.2, 0.25) is 0 Å². The minimum absolute atomic E-state index is 0.111. The van der Waals surface area contributed by atoms with E-state index in [9.17, 15) is 9.59 Å². The van der Waals surface area contributed by atoms with Crippen LogP contribution in [0.4, 0.5) is 0 Å². The molecule has 3 saturated heterocycles. The van der Waals surface area contributed by atoms with E-state index in [1.807, 2.05) is 4.90 Å². The third kappa shape index (κ3) is 3.29. The molecule has 0 aromatic rings. The second-order valence-corrected chi connectivity index (χ2v) is 9.41. The van der Waals surface area contributed by atoms with Gasteiger partial charge in [-0.3, -0.25) is 9.59 Å². The van der Waals surface area contributed by atoms with E-state index in [1.54, 1.807) is 14.0 Å². The number of nitrogens with zero attached hydrogens (tertiary/aromatic N) is 2. The molecule has 4 aliphatic rings. The lowest BCUT2D eigenvalue weighted by atomic mass is 9.65. The van der Waals surface area contributed by atoms with Crippen molar-refractivity contribution < 1.29 is 14.3 Å². The fourth-order valence-corrected chi connectivity index (χ4v) is 6.50. The minimum Gasteiger partial charge on any atom is -0.381 e. The topological polar surface area (TPSA) is 61.9 Å². The molecule has 1 N–H and O–H groups in total. The predicted octanol–water partition coefficient (Wildman–Crippen LogP) is 1.50. The summed E-state index contributed by atoms with van der Waals surface area (Å²) in [6.07, 6.45) is 6.80. The molecule has 6 nitrogen and oxygen atoms in total. The standard InChI is InChI=1S/C21H35N3O3/c1-16(25)24-14-18-20(5-6-21(18,15-24)19(26)22-2)7-9-23(10-8-20)13-17-3-11-27-12-4-17/h17-18H,3-15H2,1-2H3,(H,22,26)/t18-,21+/m0/s1. The average molecular weight is 378 g/mol. The Labute approximate surface area is 163 Å². The fourth-order valence-electron chi connectivity index (χ4n) is 6.50. The number of ether oxygens (including phenoxy) is 1. The van der Waals surface area contributed by atoms with Crippen LogP contribution in [-0.4, -0.2) is 74.6 Å². The first-order valence-corrected chi connectivity index (χ1v) is 10.8. The average Bonchev–Trinajstić information content (AvgIpc) is 3.22. The van der Waals surface area contributed by atoms with Gasteiger partial charge in [0.05, 0.1) is 5.41 Å². The summed E-state index contributed by atoms with van der Waals surface area (Å²) < 4.78 is 5.50. The molecule has 1 aliphatic carbocycles. The highest BCUT2D eigenvalue weighted by Gasteiger charge is 2.64. The summed E-state index contributed by atoms with van der Waals surface area (Å²) in [7, 11) is 1.74. The Morgan fingerprint density at radius 3 is 2.44 bits per heavy atom. The number of hydrogen-bond acceptors (Lipinski definition) is 4. The summed E-state index contributed by atoms with van der Waals surface area (Å²) in [4.78, 5) is 29.5. The highest BCUT2D eigenvalue weighted by atomic mass is 16.5. The summed E-state index contributed by atoms with van der Waals surface area (Å²) in [6, 6.07) is 0. The lowest BCUT2D eigenvalue weighted by Crippen LogP contribution is -2.49. The van der Waals surface area contributed by atoms with Crippen molar-refractivity contribution in [2.24, 2.45) is 22.7 Å². The van der Waals surface area contributed by atoms with Crippen LogP contribution in [0.1, 0.15) is 45.4 Å². The van der Waals surface area contributed by atoms with Crippen LogP contribution >= 0.6 is 0 Å². The van der Waals surface area contributed by atoms with Crippen LogP contribution < -0.4 is 5.32 Å². The molecule has 2 atom stereocenters. The quantitative estimate of drug-likeness (QED) is 0.810. The maximum absolute atomic E-state index is 12.9. The third-order valence-electron chi connectivity index (χ3n) is 8.18. The number of carbonyl (C=O) groups excluding carboxylic acids is 2. The highest BCUT2D eigenvalue weighted by molar-refractivity contribution is 5.85. The maximum Gasteiger partial charge on any atom is 0.228 e. The molecule has 4 rings (SSSR count). The van der Waals surface area contributed by atoms with E-state index in [0.29, 0.717) is 12.5 Å². The molecule has 0 aromatic carbocycles. The first-order chi connectivity index (χ1) is 13.0. The number of carbonyl (C=O) groups is 2. The molecule has 3 aliphatic heterocycles. The van der Waals surface area contributed by atoms with Gasteiger partial charge in [0.15, 0.2) is 0 Å². The summed E-state index contributed by atoms with van der Waals surface area (Å²) in [6.45, 7) is 8.32. The number of nitrogens with one attached hydrogen (secondary N) is 1. The molecule has 1 saturated carbocycles. The van der Waals surface area contributed by atoms with E-state index >= 15 is 0 Å². The maximum atomic E-state index is 12.9. The van der Waals surface area contributed by atoms with E-state index in [1.165, 1.54) is 32.2 Å². The van der Waals surface area contributed by atoms with E-state index in [4.69, 9.17) is 4.74 Å². The lowest BCUT2D eigenvalue weighted by molar-refractivity contribution is -0.133. The number of fused-ring (bicyclic) bond motifs is 2. The highest BCUT2D eigenvalue weighted by Crippen LogP contribution is 2.62. The Balaban J connectivity index is 1.44. The molecule has 0 unspecified atom stereocenters. The minimum atomic E-state index is -0.358. The molecular weight excluding hydrogens is 342 g/mol. The molecule has 2 amide bonds. The molecule has 27 heavy (non-hydrogen) atoms. The molecular formula is C21H35N3O3. The number of amides is 2. The zero-order valence-corrected chi connectivity index (χ0v) is 17.0. The van der Waals surface area contributed by atoms with Gasteiger partial charge in [-0.25, -0.2) is 0 Å². The van der Waals surface area contributed by atoms with Gasteiger partial charge in [0.25, 0.3) is 0 Å². The normalized spacial score (nSPS) is 34.0. The Morgan fingerprint density at radius 2 is 1.81 bits per heavy atom. The summed E-state index contributed by atoms with van der Waals surface area (Å²) >= 11 is 0. The number of likely N-dealkylation sites (tertiary alicyclic amines) is 2. The molecule has 0 bridgehead atoms. The second-order valence-electron chi connectivity index (χ2n) is 9.41. The molecule has 3 heterocycles. The van der Waals surface area contributed by atoms with Crippen LogP contribution in [0.25, 0.3) is 0 Å². The van der Waals surface area contributed by atoms with Crippen LogP contribution in [0, 0.1) is 22.7 Å². The van der Waals surface area contributed by atoms with Gasteiger partial charge < -0.3 is 19.9 Å². The number of rotatable bonds is 3. The van der Waals surface area contributed by atoms with E-state index < -0.39 is 0 Å². The Bertz CT molecular complexity index is 581. The van der Waals surface area contributed by atoms with Crippen molar-refractivity contribution in [3.05, 3.63) is 0 Å². The van der Waals surface area contributed by atoms with Gasteiger partial charge in [0.2, 0.25) is 11.8 Å². The zero-order chi connectivity index (χ0) is 19.1. The van der Waals surface area contributed by atoms with Crippen molar-refractivity contribution in [1.29, 1.82) is 0 Å². The van der Waals surface area contributed by atoms with Crippen molar-refractivity contribution in [1.82, 2.24) is 15.1 Å². The number of piperidine rings is 1. The number of hydrogen-bond donors (Lipinski definition) is 1. The van der Waals surface area contributed by atoms with Crippen LogP contribution in [0.3, 0.4) is 0 Å². The van der Waals surface area contributed by atoms with Gasteiger partial charge in [-0.2, -0.15) is 0 Å². The van der Waals surface area contributed by atoms with E-state index in [0.717, 1.165) is 51.6 Å². The van der Waals surface area contributed by atoms with Crippen molar-refractivity contribution in [3.8, 4) is 0 Å². The lowest BCUT2D eigenvalue weighted by Gasteiger charge is -2.45. The SMILES string of the molecule is CNC(=O)[C@@]12CCC3(CCN(CC4CCOCC4)CC3)[C@@H]1CN(C(C)=O)C2. The van der Waals surface area contributed by atoms with Crippen molar-refractivity contribution in [2.75, 3.05) is 53.0 Å². The molecule has 0 radical (unpaired) electrons. The first kappa shape index (κ1) is 19.2. The Hall–Kier alpha value is -1.14. The monoisotopic (exact) mass is 377 g/mol. The van der Waals surface area contributed by atoms with Crippen molar-refractivity contribution >= 4 is 11.8 Å². The van der Waals surface area contributed by atoms with Gasteiger partial charge in [0, 0.05) is 46.8 Å². The van der Waals surface area contributed by atoms with E-state index in [2.05, 4.69) is 10.2 Å². The smallest absolute Gasteiger partial charge is 0.228 e. The summed E-state index contributed by atoms with van der Waals surface area (Å²) in [5.74, 6) is 1.36. The Kier molecular flexibility index (Phi) is 5.23. The summed E-state index contributed by atoms with van der Waals surface area (Å²) in [5.41, 5.74) is -0.119. The van der Waals surface area contributed by atoms with Gasteiger partial charge in [-0.1, -0.05) is 0 Å². The molecule has 1 spiro atoms. The zero-order valence-electron chi connectivity index (χ0n) is 17.0. The summed E-state index contributed by atoms with van der Waals surface area (Å²) in [5, 5.41) is 2.91. The van der Waals surface area contributed by atoms with Crippen LogP contribution in [-0.2, 0) is 14.3 Å².